The van der Waals surface area contributed by atoms with E-state index in [4.69, 9.17) is 9.47 Å². The average Bonchev–Trinajstić information content (AvgIpc) is 2.60. The van der Waals surface area contributed by atoms with E-state index in [0.29, 0.717) is 13.2 Å². The van der Waals surface area contributed by atoms with E-state index in [1.807, 2.05) is 37.3 Å². The second kappa shape index (κ2) is 8.85. The predicted octanol–water partition coefficient (Wildman–Crippen LogP) is 2.33. The first-order chi connectivity index (χ1) is 11.5. The topological polar surface area (TPSA) is 50.8 Å². The lowest BCUT2D eigenvalue weighted by Gasteiger charge is -2.40. The van der Waals surface area contributed by atoms with Crippen LogP contribution in [0.4, 0.5) is 0 Å². The molecule has 0 bridgehead atoms. The number of carbonyl (C=O) groups is 1. The Bertz CT molecular complexity index is 546. The van der Waals surface area contributed by atoms with Crippen LogP contribution in [0.25, 0.3) is 6.08 Å². The molecular weight excluding hydrogens is 304 g/mol. The molecule has 2 rings (SSSR count). The third-order valence-electron chi connectivity index (χ3n) is 4.18. The summed E-state index contributed by atoms with van der Waals surface area (Å²) in [4.78, 5) is 14.4. The highest BCUT2D eigenvalue weighted by molar-refractivity contribution is 5.91. The molecule has 1 saturated heterocycles. The van der Waals surface area contributed by atoms with E-state index in [0.717, 1.165) is 37.6 Å². The third kappa shape index (κ3) is 5.65. The lowest BCUT2D eigenvalue weighted by molar-refractivity contribution is -0.117. The first-order valence-corrected chi connectivity index (χ1v) is 8.53. The van der Waals surface area contributed by atoms with Crippen molar-refractivity contribution in [1.29, 1.82) is 0 Å². The fourth-order valence-corrected chi connectivity index (χ4v) is 2.66. The van der Waals surface area contributed by atoms with E-state index in [1.165, 1.54) is 0 Å². The maximum Gasteiger partial charge on any atom is 0.244 e. The van der Waals surface area contributed by atoms with Gasteiger partial charge < -0.3 is 14.8 Å². The van der Waals surface area contributed by atoms with Gasteiger partial charge in [-0.2, -0.15) is 0 Å². The second-order valence-electron chi connectivity index (χ2n) is 6.47. The molecular formula is C19H28N2O3. The summed E-state index contributed by atoms with van der Waals surface area (Å²) in [5.74, 6) is 0.761. The number of hydrogen-bond donors (Lipinski definition) is 1. The van der Waals surface area contributed by atoms with Crippen molar-refractivity contribution < 1.29 is 14.3 Å². The number of hydrogen-bond acceptors (Lipinski definition) is 4. The Morgan fingerprint density at radius 3 is 2.58 bits per heavy atom. The Morgan fingerprint density at radius 1 is 1.29 bits per heavy atom. The Labute approximate surface area is 144 Å². The zero-order valence-electron chi connectivity index (χ0n) is 14.9. The van der Waals surface area contributed by atoms with Gasteiger partial charge >= 0.3 is 0 Å². The number of rotatable bonds is 7. The molecule has 0 spiro atoms. The molecule has 132 valence electrons. The van der Waals surface area contributed by atoms with E-state index in [9.17, 15) is 4.79 Å². The van der Waals surface area contributed by atoms with Crippen LogP contribution in [0.1, 0.15) is 26.3 Å². The molecule has 1 aliphatic rings. The molecule has 1 aliphatic heterocycles. The molecule has 5 heteroatoms. The van der Waals surface area contributed by atoms with E-state index in [2.05, 4.69) is 24.1 Å². The van der Waals surface area contributed by atoms with Gasteiger partial charge in [-0.1, -0.05) is 12.1 Å². The maximum absolute atomic E-state index is 12.0. The number of benzene rings is 1. The Hall–Kier alpha value is -1.85. The van der Waals surface area contributed by atoms with Gasteiger partial charge in [-0.05, 0) is 44.5 Å². The van der Waals surface area contributed by atoms with Crippen LogP contribution < -0.4 is 10.1 Å². The van der Waals surface area contributed by atoms with Gasteiger partial charge in [0, 0.05) is 31.2 Å². The van der Waals surface area contributed by atoms with Crippen molar-refractivity contribution in [2.45, 2.75) is 26.3 Å². The van der Waals surface area contributed by atoms with Crippen molar-refractivity contribution in [1.82, 2.24) is 10.2 Å². The highest BCUT2D eigenvalue weighted by atomic mass is 16.5. The first kappa shape index (κ1) is 18.5. The molecule has 24 heavy (non-hydrogen) atoms. The zero-order valence-corrected chi connectivity index (χ0v) is 14.9. The number of carbonyl (C=O) groups excluding carboxylic acids is 1. The summed E-state index contributed by atoms with van der Waals surface area (Å²) in [7, 11) is 0. The van der Waals surface area contributed by atoms with Crippen LogP contribution in [0.15, 0.2) is 30.3 Å². The molecule has 0 radical (unpaired) electrons. The van der Waals surface area contributed by atoms with E-state index < -0.39 is 0 Å². The summed E-state index contributed by atoms with van der Waals surface area (Å²) in [5.41, 5.74) is 0.896. The average molecular weight is 332 g/mol. The molecule has 0 saturated carbocycles. The van der Waals surface area contributed by atoms with Crippen LogP contribution in [0.2, 0.25) is 0 Å². The highest BCUT2D eigenvalue weighted by Gasteiger charge is 2.28. The quantitative estimate of drug-likeness (QED) is 0.779. The molecule has 5 nitrogen and oxygen atoms in total. The lowest BCUT2D eigenvalue weighted by Crippen LogP contribution is -2.55. The van der Waals surface area contributed by atoms with Crippen molar-refractivity contribution in [3.8, 4) is 5.75 Å². The largest absolute Gasteiger partial charge is 0.494 e. The number of nitrogens with zero attached hydrogens (tertiary/aromatic N) is 1. The van der Waals surface area contributed by atoms with Crippen LogP contribution in [0.3, 0.4) is 0 Å². The predicted molar refractivity (Wildman–Crippen MR) is 96.1 cm³/mol. The van der Waals surface area contributed by atoms with Crippen LogP contribution >= 0.6 is 0 Å². The van der Waals surface area contributed by atoms with Gasteiger partial charge in [0.15, 0.2) is 0 Å². The minimum absolute atomic E-state index is 0.0770. The molecule has 1 amide bonds. The molecule has 0 unspecified atom stereocenters. The summed E-state index contributed by atoms with van der Waals surface area (Å²) >= 11 is 0. The standard InChI is InChI=1S/C19H28N2O3/c1-4-24-17-8-5-16(6-9-17)7-10-18(22)20-15-19(2,3)21-11-13-23-14-12-21/h5-10H,4,11-15H2,1-3H3,(H,20,22)/b10-7+. The van der Waals surface area contributed by atoms with Gasteiger partial charge in [-0.3, -0.25) is 9.69 Å². The SMILES string of the molecule is CCOc1ccc(/C=C/C(=O)NCC(C)(C)N2CCOCC2)cc1. The van der Waals surface area contributed by atoms with Gasteiger partial charge in [0.1, 0.15) is 5.75 Å². The summed E-state index contributed by atoms with van der Waals surface area (Å²) in [6.07, 6.45) is 3.39. The van der Waals surface area contributed by atoms with Gasteiger partial charge in [0.25, 0.3) is 0 Å². The maximum atomic E-state index is 12.0. The van der Waals surface area contributed by atoms with Crippen molar-refractivity contribution in [3.05, 3.63) is 35.9 Å². The van der Waals surface area contributed by atoms with Gasteiger partial charge in [0.2, 0.25) is 5.91 Å². The summed E-state index contributed by atoms with van der Waals surface area (Å²) in [6.45, 7) is 10.8. The highest BCUT2D eigenvalue weighted by Crippen LogP contribution is 2.15. The Morgan fingerprint density at radius 2 is 1.96 bits per heavy atom. The molecule has 1 aromatic carbocycles. The van der Waals surface area contributed by atoms with Crippen molar-refractivity contribution in [2.24, 2.45) is 0 Å². The molecule has 1 aromatic rings. The molecule has 0 atom stereocenters. The lowest BCUT2D eigenvalue weighted by atomic mass is 10.0. The van der Waals surface area contributed by atoms with Gasteiger partial charge in [-0.15, -0.1) is 0 Å². The Balaban J connectivity index is 1.81. The van der Waals surface area contributed by atoms with E-state index >= 15 is 0 Å². The number of morpholine rings is 1. The van der Waals surface area contributed by atoms with Crippen LogP contribution in [0, 0.1) is 0 Å². The van der Waals surface area contributed by atoms with Crippen LogP contribution in [-0.4, -0.2) is 55.8 Å². The zero-order chi connectivity index (χ0) is 17.4. The van der Waals surface area contributed by atoms with E-state index in [1.54, 1.807) is 6.08 Å². The fraction of sp³-hybridized carbons (Fsp3) is 0.526. The summed E-state index contributed by atoms with van der Waals surface area (Å²) in [5, 5.41) is 2.99. The van der Waals surface area contributed by atoms with Crippen molar-refractivity contribution in [3.63, 3.8) is 0 Å². The van der Waals surface area contributed by atoms with Gasteiger partial charge in [0.05, 0.1) is 19.8 Å². The molecule has 0 aliphatic carbocycles. The normalized spacial score (nSPS) is 16.3. The minimum Gasteiger partial charge on any atom is -0.494 e. The minimum atomic E-state index is -0.0785. The number of ether oxygens (including phenoxy) is 2. The third-order valence-corrected chi connectivity index (χ3v) is 4.18. The first-order valence-electron chi connectivity index (χ1n) is 8.53. The molecule has 0 aromatic heterocycles. The summed E-state index contributed by atoms with van der Waals surface area (Å²) < 4.78 is 10.8. The number of amides is 1. The molecule has 1 N–H and O–H groups in total. The van der Waals surface area contributed by atoms with Crippen molar-refractivity contribution in [2.75, 3.05) is 39.5 Å². The van der Waals surface area contributed by atoms with E-state index in [-0.39, 0.29) is 11.4 Å². The molecule has 1 heterocycles. The fourth-order valence-electron chi connectivity index (χ4n) is 2.66. The van der Waals surface area contributed by atoms with Crippen molar-refractivity contribution >= 4 is 12.0 Å². The summed E-state index contributed by atoms with van der Waals surface area (Å²) in [6, 6.07) is 7.68. The number of nitrogens with one attached hydrogen (secondary N) is 1. The van der Waals surface area contributed by atoms with Crippen LogP contribution in [-0.2, 0) is 9.53 Å². The van der Waals surface area contributed by atoms with Crippen LogP contribution in [0.5, 0.6) is 5.75 Å². The monoisotopic (exact) mass is 332 g/mol. The molecule has 1 fully saturated rings. The van der Waals surface area contributed by atoms with Gasteiger partial charge in [-0.25, -0.2) is 0 Å². The Kier molecular flexibility index (Phi) is 6.82. The second-order valence-corrected chi connectivity index (χ2v) is 6.47. The smallest absolute Gasteiger partial charge is 0.244 e.